The van der Waals surface area contributed by atoms with Crippen LogP contribution in [-0.4, -0.2) is 28.1 Å². The van der Waals surface area contributed by atoms with Gasteiger partial charge in [0.2, 0.25) is 0 Å². The van der Waals surface area contributed by atoms with Crippen molar-refractivity contribution >= 4 is 0 Å². The fraction of sp³-hybridized carbons (Fsp3) is 0.312. The van der Waals surface area contributed by atoms with E-state index in [-0.39, 0.29) is 6.61 Å². The minimum absolute atomic E-state index is 0.0994. The Morgan fingerprint density at radius 2 is 2.05 bits per heavy atom. The molecule has 0 aliphatic heterocycles. The van der Waals surface area contributed by atoms with Gasteiger partial charge in [0.05, 0.1) is 13.2 Å². The summed E-state index contributed by atoms with van der Waals surface area (Å²) in [4.78, 5) is 0. The molecule has 0 aliphatic rings. The summed E-state index contributed by atoms with van der Waals surface area (Å²) in [5.74, 6) is 6.70. The summed E-state index contributed by atoms with van der Waals surface area (Å²) in [5.41, 5.74) is 2.08. The number of rotatable bonds is 5. The van der Waals surface area contributed by atoms with E-state index in [1.165, 1.54) is 0 Å². The van der Waals surface area contributed by atoms with Crippen molar-refractivity contribution in [1.29, 1.82) is 0 Å². The smallest absolute Gasteiger partial charge is 0.119 e. The number of aliphatic hydroxyl groups is 1. The Balaban J connectivity index is 1.82. The molecule has 1 aromatic carbocycles. The predicted octanol–water partition coefficient (Wildman–Crippen LogP) is 1.78. The van der Waals surface area contributed by atoms with Crippen LogP contribution in [-0.2, 0) is 13.5 Å². The van der Waals surface area contributed by atoms with Crippen molar-refractivity contribution in [1.82, 2.24) is 9.78 Å². The highest BCUT2D eigenvalue weighted by Crippen LogP contribution is 2.12. The molecule has 4 nitrogen and oxygen atoms in total. The van der Waals surface area contributed by atoms with E-state index in [9.17, 15) is 0 Å². The summed E-state index contributed by atoms with van der Waals surface area (Å²) >= 11 is 0. The van der Waals surface area contributed by atoms with Crippen LogP contribution in [0.4, 0.5) is 0 Å². The van der Waals surface area contributed by atoms with Crippen LogP contribution in [0.3, 0.4) is 0 Å². The molecule has 0 unspecified atom stereocenters. The monoisotopic (exact) mass is 270 g/mol. The standard InChI is InChI=1S/C16H18N2O2/c1-18-15(9-11-17-18)10-13-20-16-7-5-14(6-8-16)4-2-3-12-19/h5-9,11,19H,3,10,12-13H2,1H3. The van der Waals surface area contributed by atoms with E-state index in [0.717, 1.165) is 23.4 Å². The van der Waals surface area contributed by atoms with Gasteiger partial charge in [-0.15, -0.1) is 0 Å². The maximum absolute atomic E-state index is 8.65. The average molecular weight is 270 g/mol. The zero-order valence-electron chi connectivity index (χ0n) is 11.5. The molecule has 0 saturated heterocycles. The Labute approximate surface area is 119 Å². The molecule has 0 aliphatic carbocycles. The van der Waals surface area contributed by atoms with Crippen LogP contribution in [0.5, 0.6) is 5.75 Å². The fourth-order valence-corrected chi connectivity index (χ4v) is 1.77. The first kappa shape index (κ1) is 14.2. The molecule has 1 heterocycles. The minimum Gasteiger partial charge on any atom is -0.493 e. The van der Waals surface area contributed by atoms with Gasteiger partial charge in [0.15, 0.2) is 0 Å². The first-order chi connectivity index (χ1) is 9.79. The molecule has 20 heavy (non-hydrogen) atoms. The molecule has 2 rings (SSSR count). The molecule has 2 aromatic rings. The minimum atomic E-state index is 0.0994. The van der Waals surface area contributed by atoms with Crippen LogP contribution in [0, 0.1) is 11.8 Å². The van der Waals surface area contributed by atoms with Crippen LogP contribution < -0.4 is 4.74 Å². The molecular formula is C16H18N2O2. The van der Waals surface area contributed by atoms with Crippen molar-refractivity contribution in [2.45, 2.75) is 12.8 Å². The number of ether oxygens (including phenoxy) is 1. The zero-order valence-corrected chi connectivity index (χ0v) is 11.5. The fourth-order valence-electron chi connectivity index (χ4n) is 1.77. The summed E-state index contributed by atoms with van der Waals surface area (Å²) in [6.45, 7) is 0.720. The lowest BCUT2D eigenvalue weighted by molar-refractivity contribution is 0.305. The van der Waals surface area contributed by atoms with Gasteiger partial charge < -0.3 is 9.84 Å². The molecule has 0 spiro atoms. The summed E-state index contributed by atoms with van der Waals surface area (Å²) in [5, 5.41) is 12.8. The van der Waals surface area contributed by atoms with Crippen LogP contribution in [0.2, 0.25) is 0 Å². The van der Waals surface area contributed by atoms with E-state index in [1.54, 1.807) is 6.20 Å². The van der Waals surface area contributed by atoms with Gasteiger partial charge in [-0.05, 0) is 30.3 Å². The second kappa shape index (κ2) is 7.37. The Bertz CT molecular complexity index is 591. The third-order valence-electron chi connectivity index (χ3n) is 2.87. The van der Waals surface area contributed by atoms with Crippen LogP contribution in [0.1, 0.15) is 17.7 Å². The van der Waals surface area contributed by atoms with E-state index < -0.39 is 0 Å². The van der Waals surface area contributed by atoms with Gasteiger partial charge in [-0.2, -0.15) is 5.10 Å². The normalized spacial score (nSPS) is 9.90. The Hall–Kier alpha value is -2.25. The van der Waals surface area contributed by atoms with E-state index in [4.69, 9.17) is 9.84 Å². The SMILES string of the molecule is Cn1nccc1CCOc1ccc(C#CCCO)cc1. The lowest BCUT2D eigenvalue weighted by Crippen LogP contribution is -2.05. The van der Waals surface area contributed by atoms with Crippen LogP contribution in [0.15, 0.2) is 36.5 Å². The lowest BCUT2D eigenvalue weighted by Gasteiger charge is -2.06. The number of aryl methyl sites for hydroxylation is 1. The van der Waals surface area contributed by atoms with Gasteiger partial charge in [-0.3, -0.25) is 4.68 Å². The van der Waals surface area contributed by atoms with Crippen LogP contribution in [0.25, 0.3) is 0 Å². The number of hydrogen-bond acceptors (Lipinski definition) is 3. The number of benzene rings is 1. The second-order valence-corrected chi connectivity index (χ2v) is 4.34. The van der Waals surface area contributed by atoms with Crippen molar-refractivity contribution in [2.24, 2.45) is 7.05 Å². The quantitative estimate of drug-likeness (QED) is 0.842. The third kappa shape index (κ3) is 4.15. The topological polar surface area (TPSA) is 47.3 Å². The Morgan fingerprint density at radius 3 is 2.70 bits per heavy atom. The first-order valence-corrected chi connectivity index (χ1v) is 6.59. The molecule has 0 saturated carbocycles. The molecular weight excluding hydrogens is 252 g/mol. The van der Waals surface area contributed by atoms with Crippen molar-refractivity contribution < 1.29 is 9.84 Å². The Morgan fingerprint density at radius 1 is 1.25 bits per heavy atom. The summed E-state index contributed by atoms with van der Waals surface area (Å²) in [6.07, 6.45) is 3.12. The summed E-state index contributed by atoms with van der Waals surface area (Å²) in [6, 6.07) is 9.65. The zero-order chi connectivity index (χ0) is 14.2. The lowest BCUT2D eigenvalue weighted by atomic mass is 10.2. The second-order valence-electron chi connectivity index (χ2n) is 4.34. The highest BCUT2D eigenvalue weighted by molar-refractivity contribution is 5.38. The van der Waals surface area contributed by atoms with E-state index in [2.05, 4.69) is 16.9 Å². The number of aliphatic hydroxyl groups excluding tert-OH is 1. The average Bonchev–Trinajstić information content (AvgIpc) is 2.87. The van der Waals surface area contributed by atoms with E-state index in [1.807, 2.05) is 42.1 Å². The summed E-state index contributed by atoms with van der Waals surface area (Å²) in [7, 11) is 1.93. The third-order valence-corrected chi connectivity index (χ3v) is 2.87. The molecule has 0 bridgehead atoms. The Kier molecular flexibility index (Phi) is 5.22. The number of aromatic nitrogens is 2. The van der Waals surface area contributed by atoms with Crippen molar-refractivity contribution in [3.63, 3.8) is 0 Å². The molecule has 104 valence electrons. The van der Waals surface area contributed by atoms with Gasteiger partial charge >= 0.3 is 0 Å². The largest absolute Gasteiger partial charge is 0.493 e. The molecule has 1 N–H and O–H groups in total. The maximum Gasteiger partial charge on any atom is 0.119 e. The van der Waals surface area contributed by atoms with E-state index in [0.29, 0.717) is 13.0 Å². The first-order valence-electron chi connectivity index (χ1n) is 6.59. The molecule has 0 fully saturated rings. The summed E-state index contributed by atoms with van der Waals surface area (Å²) < 4.78 is 7.54. The predicted molar refractivity (Wildman–Crippen MR) is 77.4 cm³/mol. The molecule has 0 amide bonds. The van der Waals surface area contributed by atoms with Crippen molar-refractivity contribution in [2.75, 3.05) is 13.2 Å². The molecule has 0 atom stereocenters. The van der Waals surface area contributed by atoms with E-state index >= 15 is 0 Å². The van der Waals surface area contributed by atoms with Gasteiger partial charge in [-0.25, -0.2) is 0 Å². The number of hydrogen-bond donors (Lipinski definition) is 1. The highest BCUT2D eigenvalue weighted by Gasteiger charge is 1.99. The number of nitrogens with zero attached hydrogens (tertiary/aromatic N) is 2. The van der Waals surface area contributed by atoms with Gasteiger partial charge in [0.1, 0.15) is 5.75 Å². The molecule has 1 aromatic heterocycles. The van der Waals surface area contributed by atoms with Gasteiger partial charge in [0, 0.05) is 37.3 Å². The van der Waals surface area contributed by atoms with Crippen molar-refractivity contribution in [3.05, 3.63) is 47.8 Å². The van der Waals surface area contributed by atoms with Gasteiger partial charge in [-0.1, -0.05) is 11.8 Å². The maximum atomic E-state index is 8.65. The van der Waals surface area contributed by atoms with Gasteiger partial charge in [0.25, 0.3) is 0 Å². The molecule has 0 radical (unpaired) electrons. The highest BCUT2D eigenvalue weighted by atomic mass is 16.5. The van der Waals surface area contributed by atoms with Crippen LogP contribution >= 0.6 is 0 Å². The molecule has 4 heteroatoms. The van der Waals surface area contributed by atoms with Crippen molar-refractivity contribution in [3.8, 4) is 17.6 Å².